The molecule has 1 nitrogen and oxygen atoms in total. The first-order chi connectivity index (χ1) is 8.13. The van der Waals surface area contributed by atoms with Gasteiger partial charge in [-0.1, -0.05) is 68.5 Å². The maximum Gasteiger partial charge on any atom is 0.0459 e. The van der Waals surface area contributed by atoms with E-state index in [9.17, 15) is 0 Å². The molecule has 0 spiro atoms. The van der Waals surface area contributed by atoms with Crippen molar-refractivity contribution in [2.45, 2.75) is 53.4 Å². The lowest BCUT2D eigenvalue weighted by Gasteiger charge is -2.08. The zero-order valence-corrected chi connectivity index (χ0v) is 11.9. The van der Waals surface area contributed by atoms with Crippen molar-refractivity contribution in [3.8, 4) is 0 Å². The van der Waals surface area contributed by atoms with Crippen LogP contribution in [0, 0.1) is 19.8 Å². The summed E-state index contributed by atoms with van der Waals surface area (Å²) in [6.45, 7) is 8.88. The Morgan fingerprint density at radius 2 is 1.47 bits per heavy atom. The van der Waals surface area contributed by atoms with Gasteiger partial charge in [0.2, 0.25) is 0 Å². The SMILES string of the molecule is CCCCC(CC)CO.Cc1ccc(C)cc1. The zero-order chi connectivity index (χ0) is 13.1. The third-order valence-corrected chi connectivity index (χ3v) is 3.02. The maximum atomic E-state index is 8.75. The van der Waals surface area contributed by atoms with E-state index in [0.717, 1.165) is 6.42 Å². The second-order valence-electron chi connectivity index (χ2n) is 4.75. The Balaban J connectivity index is 0.000000302. The van der Waals surface area contributed by atoms with Gasteiger partial charge >= 0.3 is 0 Å². The highest BCUT2D eigenvalue weighted by Crippen LogP contribution is 2.10. The Kier molecular flexibility index (Phi) is 9.84. The van der Waals surface area contributed by atoms with Crippen molar-refractivity contribution in [2.24, 2.45) is 5.92 Å². The predicted molar refractivity (Wildman–Crippen MR) is 76.3 cm³/mol. The van der Waals surface area contributed by atoms with Gasteiger partial charge in [0.25, 0.3) is 0 Å². The molecule has 0 fully saturated rings. The molecule has 98 valence electrons. The van der Waals surface area contributed by atoms with E-state index in [4.69, 9.17) is 5.11 Å². The highest BCUT2D eigenvalue weighted by atomic mass is 16.3. The molecule has 1 atom stereocenters. The quantitative estimate of drug-likeness (QED) is 0.798. The molecule has 1 aromatic rings. The van der Waals surface area contributed by atoms with Crippen molar-refractivity contribution in [2.75, 3.05) is 6.61 Å². The van der Waals surface area contributed by atoms with Crippen LogP contribution in [0.5, 0.6) is 0 Å². The third kappa shape index (κ3) is 8.93. The van der Waals surface area contributed by atoms with Gasteiger partial charge in [0.05, 0.1) is 0 Å². The summed E-state index contributed by atoms with van der Waals surface area (Å²) in [6.07, 6.45) is 4.83. The fourth-order valence-electron chi connectivity index (χ4n) is 1.55. The highest BCUT2D eigenvalue weighted by Gasteiger charge is 2.01. The first kappa shape index (κ1) is 16.2. The van der Waals surface area contributed by atoms with Gasteiger partial charge in [-0.05, 0) is 26.2 Å². The molecule has 1 N–H and O–H groups in total. The standard InChI is InChI=1S/C8H18O.C8H10/c1-3-5-6-8(4-2)7-9;1-7-3-5-8(2)6-4-7/h8-9H,3-7H2,1-2H3;3-6H,1-2H3. The molecule has 0 aromatic heterocycles. The van der Waals surface area contributed by atoms with Gasteiger partial charge in [0.15, 0.2) is 0 Å². The summed E-state index contributed by atoms with van der Waals surface area (Å²) in [5, 5.41) is 8.75. The molecule has 1 rings (SSSR count). The second kappa shape index (κ2) is 10.3. The Labute approximate surface area is 107 Å². The summed E-state index contributed by atoms with van der Waals surface area (Å²) in [5.41, 5.74) is 2.66. The van der Waals surface area contributed by atoms with E-state index in [-0.39, 0.29) is 0 Å². The monoisotopic (exact) mass is 236 g/mol. The minimum absolute atomic E-state index is 0.372. The van der Waals surface area contributed by atoms with Crippen LogP contribution < -0.4 is 0 Å². The maximum absolute atomic E-state index is 8.75. The minimum Gasteiger partial charge on any atom is -0.396 e. The molecule has 0 aliphatic rings. The molecule has 1 aromatic carbocycles. The first-order valence-corrected chi connectivity index (χ1v) is 6.78. The normalized spacial score (nSPS) is 11.6. The lowest BCUT2D eigenvalue weighted by atomic mass is 10.0. The number of hydrogen-bond donors (Lipinski definition) is 1. The summed E-state index contributed by atoms with van der Waals surface area (Å²) in [6, 6.07) is 8.48. The molecular weight excluding hydrogens is 208 g/mol. The van der Waals surface area contributed by atoms with E-state index in [1.165, 1.54) is 30.4 Å². The predicted octanol–water partition coefficient (Wildman–Crippen LogP) is 4.50. The highest BCUT2D eigenvalue weighted by molar-refractivity contribution is 5.19. The van der Waals surface area contributed by atoms with Gasteiger partial charge in [-0.25, -0.2) is 0 Å². The van der Waals surface area contributed by atoms with Gasteiger partial charge in [0, 0.05) is 6.61 Å². The van der Waals surface area contributed by atoms with E-state index >= 15 is 0 Å². The van der Waals surface area contributed by atoms with Crippen LogP contribution in [-0.2, 0) is 0 Å². The van der Waals surface area contributed by atoms with E-state index in [1.54, 1.807) is 0 Å². The van der Waals surface area contributed by atoms with Crippen molar-refractivity contribution >= 4 is 0 Å². The van der Waals surface area contributed by atoms with Crippen molar-refractivity contribution in [1.82, 2.24) is 0 Å². The van der Waals surface area contributed by atoms with Crippen LogP contribution >= 0.6 is 0 Å². The summed E-state index contributed by atoms with van der Waals surface area (Å²) < 4.78 is 0. The van der Waals surface area contributed by atoms with Crippen LogP contribution in [0.25, 0.3) is 0 Å². The van der Waals surface area contributed by atoms with Gasteiger partial charge in [-0.15, -0.1) is 0 Å². The number of rotatable bonds is 5. The molecular formula is C16H28O. The second-order valence-corrected chi connectivity index (χ2v) is 4.75. The van der Waals surface area contributed by atoms with Crippen LogP contribution in [0.2, 0.25) is 0 Å². The van der Waals surface area contributed by atoms with Crippen LogP contribution in [0.4, 0.5) is 0 Å². The molecule has 0 aliphatic carbocycles. The molecule has 0 bridgehead atoms. The largest absolute Gasteiger partial charge is 0.396 e. The average molecular weight is 236 g/mol. The molecule has 0 heterocycles. The fourth-order valence-corrected chi connectivity index (χ4v) is 1.55. The van der Waals surface area contributed by atoms with Crippen molar-refractivity contribution < 1.29 is 5.11 Å². The first-order valence-electron chi connectivity index (χ1n) is 6.78. The van der Waals surface area contributed by atoms with Crippen molar-refractivity contribution in [3.05, 3.63) is 35.4 Å². The van der Waals surface area contributed by atoms with Crippen molar-refractivity contribution in [1.29, 1.82) is 0 Å². The lowest BCUT2D eigenvalue weighted by molar-refractivity contribution is 0.212. The minimum atomic E-state index is 0.372. The number of aryl methyl sites for hydroxylation is 2. The molecule has 1 heteroatoms. The molecule has 0 radical (unpaired) electrons. The number of benzene rings is 1. The number of hydrogen-bond acceptors (Lipinski definition) is 1. The van der Waals surface area contributed by atoms with Crippen LogP contribution in [0.15, 0.2) is 24.3 Å². The summed E-state index contributed by atoms with van der Waals surface area (Å²) in [5.74, 6) is 0.560. The summed E-state index contributed by atoms with van der Waals surface area (Å²) in [7, 11) is 0. The smallest absolute Gasteiger partial charge is 0.0459 e. The number of aliphatic hydroxyl groups is 1. The Morgan fingerprint density at radius 3 is 1.76 bits per heavy atom. The van der Waals surface area contributed by atoms with E-state index in [1.807, 2.05) is 0 Å². The molecule has 17 heavy (non-hydrogen) atoms. The molecule has 0 saturated carbocycles. The Hall–Kier alpha value is -0.820. The number of aliphatic hydroxyl groups excluding tert-OH is 1. The van der Waals surface area contributed by atoms with E-state index < -0.39 is 0 Å². The summed E-state index contributed by atoms with van der Waals surface area (Å²) in [4.78, 5) is 0. The topological polar surface area (TPSA) is 20.2 Å². The summed E-state index contributed by atoms with van der Waals surface area (Å²) >= 11 is 0. The van der Waals surface area contributed by atoms with E-state index in [2.05, 4.69) is 52.0 Å². The molecule has 0 saturated heterocycles. The van der Waals surface area contributed by atoms with Crippen LogP contribution in [0.3, 0.4) is 0 Å². The van der Waals surface area contributed by atoms with Crippen LogP contribution in [-0.4, -0.2) is 11.7 Å². The molecule has 0 aliphatic heterocycles. The third-order valence-electron chi connectivity index (χ3n) is 3.02. The average Bonchev–Trinajstić information content (AvgIpc) is 2.35. The van der Waals surface area contributed by atoms with Gasteiger partial charge < -0.3 is 5.11 Å². The fraction of sp³-hybridized carbons (Fsp3) is 0.625. The lowest BCUT2D eigenvalue weighted by Crippen LogP contribution is -2.03. The molecule has 0 amide bonds. The Bertz CT molecular complexity index is 238. The molecule has 1 unspecified atom stereocenters. The zero-order valence-electron chi connectivity index (χ0n) is 11.9. The Morgan fingerprint density at radius 1 is 1.00 bits per heavy atom. The number of unbranched alkanes of at least 4 members (excludes halogenated alkanes) is 1. The van der Waals surface area contributed by atoms with Gasteiger partial charge in [0.1, 0.15) is 0 Å². The van der Waals surface area contributed by atoms with E-state index in [0.29, 0.717) is 12.5 Å². The van der Waals surface area contributed by atoms with Crippen LogP contribution in [0.1, 0.15) is 50.7 Å². The van der Waals surface area contributed by atoms with Gasteiger partial charge in [-0.2, -0.15) is 0 Å². The van der Waals surface area contributed by atoms with Gasteiger partial charge in [-0.3, -0.25) is 0 Å². The van der Waals surface area contributed by atoms with Crippen molar-refractivity contribution in [3.63, 3.8) is 0 Å².